The van der Waals surface area contributed by atoms with Crippen molar-refractivity contribution in [2.45, 2.75) is 38.6 Å². The molecule has 0 radical (unpaired) electrons. The molecule has 0 amide bonds. The van der Waals surface area contributed by atoms with Gasteiger partial charge in [0.25, 0.3) is 0 Å². The number of hydrogen-bond donors (Lipinski definition) is 1. The van der Waals surface area contributed by atoms with E-state index in [0.717, 1.165) is 19.0 Å². The number of rotatable bonds is 5. The fraction of sp³-hybridized carbons (Fsp3) is 0.923. The zero-order chi connectivity index (χ0) is 12.7. The summed E-state index contributed by atoms with van der Waals surface area (Å²) in [7, 11) is 6.19. The van der Waals surface area contributed by atoms with Crippen molar-refractivity contribution in [2.75, 3.05) is 40.8 Å². The number of likely N-dealkylation sites (N-methyl/N-ethyl adjacent to an activating group) is 1. The van der Waals surface area contributed by atoms with Gasteiger partial charge in [0.1, 0.15) is 0 Å². The molecule has 0 spiro atoms. The molecule has 0 bridgehead atoms. The smallest absolute Gasteiger partial charge is 0.193 e. The van der Waals surface area contributed by atoms with Crippen LogP contribution in [0.15, 0.2) is 4.99 Å². The Labute approximate surface area is 129 Å². The minimum Gasteiger partial charge on any atom is -0.355 e. The second-order valence-electron chi connectivity index (χ2n) is 4.98. The first kappa shape index (κ1) is 18.0. The summed E-state index contributed by atoms with van der Waals surface area (Å²) in [6, 6.07) is 0.673. The SMILES string of the molecule is CCCCN(C)C(=NC)NCC1CCCN1C.I. The highest BCUT2D eigenvalue weighted by Gasteiger charge is 2.20. The molecule has 1 atom stereocenters. The maximum Gasteiger partial charge on any atom is 0.193 e. The van der Waals surface area contributed by atoms with E-state index < -0.39 is 0 Å². The van der Waals surface area contributed by atoms with E-state index in [2.05, 4.69) is 41.1 Å². The molecule has 1 heterocycles. The Bertz CT molecular complexity index is 245. The largest absolute Gasteiger partial charge is 0.355 e. The number of nitrogens with one attached hydrogen (secondary N) is 1. The molecule has 1 unspecified atom stereocenters. The second kappa shape index (κ2) is 9.83. The molecule has 0 saturated carbocycles. The van der Waals surface area contributed by atoms with Gasteiger partial charge in [-0.15, -0.1) is 24.0 Å². The van der Waals surface area contributed by atoms with Gasteiger partial charge in [-0.1, -0.05) is 13.3 Å². The summed E-state index contributed by atoms with van der Waals surface area (Å²) in [5.41, 5.74) is 0. The molecular weight excluding hydrogens is 339 g/mol. The monoisotopic (exact) mass is 368 g/mol. The van der Waals surface area contributed by atoms with Gasteiger partial charge in [-0.2, -0.15) is 0 Å². The zero-order valence-corrected chi connectivity index (χ0v) is 14.6. The fourth-order valence-electron chi connectivity index (χ4n) is 2.33. The third-order valence-electron chi connectivity index (χ3n) is 3.59. The number of unbranched alkanes of at least 4 members (excludes halogenated alkanes) is 1. The molecule has 18 heavy (non-hydrogen) atoms. The van der Waals surface area contributed by atoms with Crippen LogP contribution >= 0.6 is 24.0 Å². The third-order valence-corrected chi connectivity index (χ3v) is 3.59. The van der Waals surface area contributed by atoms with E-state index in [-0.39, 0.29) is 24.0 Å². The van der Waals surface area contributed by atoms with Crippen LogP contribution in [-0.4, -0.2) is 62.6 Å². The van der Waals surface area contributed by atoms with E-state index in [1.807, 2.05) is 7.05 Å². The van der Waals surface area contributed by atoms with E-state index in [1.165, 1.54) is 32.2 Å². The number of aliphatic imine (C=N–C) groups is 1. The van der Waals surface area contributed by atoms with Crippen LogP contribution in [0, 0.1) is 0 Å². The van der Waals surface area contributed by atoms with E-state index >= 15 is 0 Å². The Morgan fingerprint density at radius 2 is 2.22 bits per heavy atom. The normalized spacial score (nSPS) is 20.7. The van der Waals surface area contributed by atoms with Crippen molar-refractivity contribution in [1.29, 1.82) is 0 Å². The highest BCUT2D eigenvalue weighted by atomic mass is 127. The van der Waals surface area contributed by atoms with Crippen LogP contribution in [0.5, 0.6) is 0 Å². The summed E-state index contributed by atoms with van der Waals surface area (Å²) >= 11 is 0. The molecule has 1 aliphatic heterocycles. The molecule has 0 aromatic carbocycles. The van der Waals surface area contributed by atoms with Crippen molar-refractivity contribution in [2.24, 2.45) is 4.99 Å². The van der Waals surface area contributed by atoms with Gasteiger partial charge < -0.3 is 15.1 Å². The van der Waals surface area contributed by atoms with Crippen LogP contribution in [-0.2, 0) is 0 Å². The topological polar surface area (TPSA) is 30.9 Å². The van der Waals surface area contributed by atoms with Gasteiger partial charge in [-0.25, -0.2) is 0 Å². The molecule has 1 fully saturated rings. The van der Waals surface area contributed by atoms with Gasteiger partial charge in [0, 0.05) is 33.2 Å². The van der Waals surface area contributed by atoms with Gasteiger partial charge in [0.15, 0.2) is 5.96 Å². The van der Waals surface area contributed by atoms with Gasteiger partial charge >= 0.3 is 0 Å². The Morgan fingerprint density at radius 1 is 1.50 bits per heavy atom. The minimum absolute atomic E-state index is 0. The van der Waals surface area contributed by atoms with Crippen LogP contribution in [0.4, 0.5) is 0 Å². The lowest BCUT2D eigenvalue weighted by Gasteiger charge is -2.25. The van der Waals surface area contributed by atoms with Gasteiger partial charge in [-0.05, 0) is 32.9 Å². The molecule has 108 valence electrons. The van der Waals surface area contributed by atoms with Gasteiger partial charge in [-0.3, -0.25) is 4.99 Å². The Balaban J connectivity index is 0.00000289. The standard InChI is InChI=1S/C13H28N4.HI/c1-5-6-9-17(4)13(14-2)15-11-12-8-7-10-16(12)3;/h12H,5-11H2,1-4H3,(H,14,15);1H. The number of guanidine groups is 1. The predicted octanol–water partition coefficient (Wildman–Crippen LogP) is 2.01. The van der Waals surface area contributed by atoms with Gasteiger partial charge in [0.2, 0.25) is 0 Å². The Hall–Kier alpha value is -0.0400. The van der Waals surface area contributed by atoms with Crippen molar-refractivity contribution in [1.82, 2.24) is 15.1 Å². The first-order valence-corrected chi connectivity index (χ1v) is 6.81. The van der Waals surface area contributed by atoms with Crippen molar-refractivity contribution in [3.8, 4) is 0 Å². The zero-order valence-electron chi connectivity index (χ0n) is 12.3. The minimum atomic E-state index is 0. The molecular formula is C13H29IN4. The van der Waals surface area contributed by atoms with E-state index in [1.54, 1.807) is 0 Å². The predicted molar refractivity (Wildman–Crippen MR) is 90.0 cm³/mol. The number of nitrogens with zero attached hydrogens (tertiary/aromatic N) is 3. The average Bonchev–Trinajstić information content (AvgIpc) is 2.73. The molecule has 0 aromatic rings. The van der Waals surface area contributed by atoms with Crippen molar-refractivity contribution >= 4 is 29.9 Å². The lowest BCUT2D eigenvalue weighted by atomic mass is 10.2. The lowest BCUT2D eigenvalue weighted by molar-refractivity contribution is 0.307. The molecule has 4 nitrogen and oxygen atoms in total. The maximum atomic E-state index is 4.34. The quantitative estimate of drug-likeness (QED) is 0.458. The van der Waals surface area contributed by atoms with Crippen LogP contribution in [0.3, 0.4) is 0 Å². The van der Waals surface area contributed by atoms with Crippen LogP contribution in [0.2, 0.25) is 0 Å². The lowest BCUT2D eigenvalue weighted by Crippen LogP contribution is -2.44. The molecule has 5 heteroatoms. The number of likely N-dealkylation sites (tertiary alicyclic amines) is 1. The van der Waals surface area contributed by atoms with Crippen molar-refractivity contribution < 1.29 is 0 Å². The Morgan fingerprint density at radius 3 is 2.72 bits per heavy atom. The van der Waals surface area contributed by atoms with E-state index in [4.69, 9.17) is 0 Å². The first-order valence-electron chi connectivity index (χ1n) is 6.81. The maximum absolute atomic E-state index is 4.34. The third kappa shape index (κ3) is 5.73. The summed E-state index contributed by atoms with van der Waals surface area (Å²) in [5.74, 6) is 1.03. The van der Waals surface area contributed by atoms with Crippen LogP contribution in [0.1, 0.15) is 32.6 Å². The second-order valence-corrected chi connectivity index (χ2v) is 4.98. The molecule has 0 aliphatic carbocycles. The van der Waals surface area contributed by atoms with Crippen molar-refractivity contribution in [3.05, 3.63) is 0 Å². The van der Waals surface area contributed by atoms with Crippen LogP contribution < -0.4 is 5.32 Å². The molecule has 1 aliphatic rings. The summed E-state index contributed by atoms with van der Waals surface area (Å²) in [5, 5.41) is 3.48. The first-order chi connectivity index (χ1) is 8.19. The number of halogens is 1. The average molecular weight is 368 g/mol. The highest BCUT2D eigenvalue weighted by molar-refractivity contribution is 14.0. The molecule has 1 rings (SSSR count). The Kier molecular flexibility index (Phi) is 9.81. The summed E-state index contributed by atoms with van der Waals surface area (Å²) in [6.07, 6.45) is 5.08. The number of hydrogen-bond acceptors (Lipinski definition) is 2. The summed E-state index contributed by atoms with van der Waals surface area (Å²) < 4.78 is 0. The molecule has 0 aromatic heterocycles. The van der Waals surface area contributed by atoms with Gasteiger partial charge in [0.05, 0.1) is 0 Å². The summed E-state index contributed by atoms with van der Waals surface area (Å²) in [4.78, 5) is 9.00. The highest BCUT2D eigenvalue weighted by Crippen LogP contribution is 2.13. The summed E-state index contributed by atoms with van der Waals surface area (Å²) in [6.45, 7) is 5.55. The molecule has 1 saturated heterocycles. The van der Waals surface area contributed by atoms with Crippen LogP contribution in [0.25, 0.3) is 0 Å². The van der Waals surface area contributed by atoms with E-state index in [0.29, 0.717) is 6.04 Å². The molecule has 1 N–H and O–H groups in total. The van der Waals surface area contributed by atoms with E-state index in [9.17, 15) is 0 Å². The van der Waals surface area contributed by atoms with Crippen molar-refractivity contribution in [3.63, 3.8) is 0 Å². The fourth-order valence-corrected chi connectivity index (χ4v) is 2.33.